The highest BCUT2D eigenvalue weighted by atomic mass is 35.5. The molecule has 0 unspecified atom stereocenters. The van der Waals surface area contributed by atoms with E-state index in [-0.39, 0.29) is 5.02 Å². The first-order valence-corrected chi connectivity index (χ1v) is 8.69. The summed E-state index contributed by atoms with van der Waals surface area (Å²) in [6, 6.07) is 7.91. The summed E-state index contributed by atoms with van der Waals surface area (Å²) in [5.74, 6) is -0.447. The van der Waals surface area contributed by atoms with E-state index in [0.717, 1.165) is 12.8 Å². The minimum Gasteiger partial charge on any atom is -0.398 e. The fourth-order valence-corrected chi connectivity index (χ4v) is 3.08. The third kappa shape index (κ3) is 3.61. The number of nitrogen functional groups attached to an aromatic ring is 1. The molecule has 2 aromatic rings. The SMILES string of the molecule is Nc1cc(Cl)ccc1/C(=C/C=C1CCC1)c1cc(Cl)c(Cl)cc1F. The number of rotatable bonds is 3. The van der Waals surface area contributed by atoms with Gasteiger partial charge >= 0.3 is 0 Å². The quantitative estimate of drug-likeness (QED) is 0.453. The fraction of sp³-hybridized carbons (Fsp3) is 0.158. The van der Waals surface area contributed by atoms with E-state index in [2.05, 4.69) is 0 Å². The van der Waals surface area contributed by atoms with Gasteiger partial charge in [0.15, 0.2) is 0 Å². The summed E-state index contributed by atoms with van der Waals surface area (Å²) in [6.45, 7) is 0. The van der Waals surface area contributed by atoms with E-state index >= 15 is 0 Å². The Bertz CT molecular complexity index is 850. The third-order valence-electron chi connectivity index (χ3n) is 4.09. The van der Waals surface area contributed by atoms with Crippen molar-refractivity contribution < 1.29 is 4.39 Å². The maximum absolute atomic E-state index is 14.5. The van der Waals surface area contributed by atoms with Crippen LogP contribution in [0.3, 0.4) is 0 Å². The van der Waals surface area contributed by atoms with E-state index in [1.165, 1.54) is 24.1 Å². The molecule has 1 fully saturated rings. The Morgan fingerprint density at radius 3 is 2.33 bits per heavy atom. The van der Waals surface area contributed by atoms with Crippen LogP contribution in [0.5, 0.6) is 0 Å². The van der Waals surface area contributed by atoms with Crippen LogP contribution >= 0.6 is 34.8 Å². The second-order valence-corrected chi connectivity index (χ2v) is 6.99. The van der Waals surface area contributed by atoms with Crippen molar-refractivity contribution in [3.8, 4) is 0 Å². The molecule has 0 amide bonds. The van der Waals surface area contributed by atoms with Crippen LogP contribution in [0.2, 0.25) is 15.1 Å². The van der Waals surface area contributed by atoms with Gasteiger partial charge in [0, 0.05) is 21.8 Å². The molecule has 0 radical (unpaired) electrons. The largest absolute Gasteiger partial charge is 0.398 e. The van der Waals surface area contributed by atoms with Crippen molar-refractivity contribution in [1.82, 2.24) is 0 Å². The molecule has 124 valence electrons. The van der Waals surface area contributed by atoms with Crippen molar-refractivity contribution in [1.29, 1.82) is 0 Å². The van der Waals surface area contributed by atoms with Crippen molar-refractivity contribution in [3.05, 3.63) is 80.1 Å². The summed E-state index contributed by atoms with van der Waals surface area (Å²) in [4.78, 5) is 0. The topological polar surface area (TPSA) is 26.0 Å². The molecular formula is C19H15Cl3FN. The van der Waals surface area contributed by atoms with Gasteiger partial charge in [-0.15, -0.1) is 0 Å². The molecule has 0 bridgehead atoms. The lowest BCUT2D eigenvalue weighted by atomic mass is 9.90. The number of halogens is 4. The molecule has 1 nitrogen and oxygen atoms in total. The summed E-state index contributed by atoms with van der Waals surface area (Å²) in [5, 5.41) is 1.00. The van der Waals surface area contributed by atoms with Gasteiger partial charge in [0.1, 0.15) is 5.82 Å². The molecule has 0 spiro atoms. The van der Waals surface area contributed by atoms with E-state index in [9.17, 15) is 4.39 Å². The standard InChI is InChI=1S/C19H15Cl3FN/c20-12-5-7-14(19(24)8-12)13(6-4-11-2-1-3-11)15-9-16(21)17(22)10-18(15)23/h4-10H,1-3,24H2/b13-6-. The average Bonchev–Trinajstić information content (AvgIpc) is 2.47. The van der Waals surface area contributed by atoms with Gasteiger partial charge in [0.2, 0.25) is 0 Å². The molecule has 0 heterocycles. The number of hydrogen-bond acceptors (Lipinski definition) is 1. The highest BCUT2D eigenvalue weighted by Gasteiger charge is 2.16. The van der Waals surface area contributed by atoms with Gasteiger partial charge in [0.05, 0.1) is 10.0 Å². The Morgan fingerprint density at radius 1 is 1.00 bits per heavy atom. The average molecular weight is 383 g/mol. The summed E-state index contributed by atoms with van der Waals surface area (Å²) >= 11 is 18.0. The molecule has 5 heteroatoms. The maximum atomic E-state index is 14.5. The van der Waals surface area contributed by atoms with E-state index in [1.54, 1.807) is 18.2 Å². The van der Waals surface area contributed by atoms with Crippen molar-refractivity contribution in [2.24, 2.45) is 0 Å². The first-order valence-electron chi connectivity index (χ1n) is 7.56. The zero-order chi connectivity index (χ0) is 17.3. The van der Waals surface area contributed by atoms with Crippen LogP contribution in [-0.4, -0.2) is 0 Å². The predicted octanol–water partition coefficient (Wildman–Crippen LogP) is 6.91. The van der Waals surface area contributed by atoms with Gasteiger partial charge in [-0.25, -0.2) is 4.39 Å². The summed E-state index contributed by atoms with van der Waals surface area (Å²) in [7, 11) is 0. The van der Waals surface area contributed by atoms with Gasteiger partial charge in [0.25, 0.3) is 0 Å². The molecule has 0 aromatic heterocycles. The Balaban J connectivity index is 2.17. The van der Waals surface area contributed by atoms with Gasteiger partial charge in [-0.05, 0) is 49.1 Å². The summed E-state index contributed by atoms with van der Waals surface area (Å²) in [6.07, 6.45) is 7.25. The molecular weight excluding hydrogens is 368 g/mol. The van der Waals surface area contributed by atoms with Crippen molar-refractivity contribution in [2.45, 2.75) is 19.3 Å². The molecule has 0 aliphatic heterocycles. The molecule has 2 N–H and O–H groups in total. The highest BCUT2D eigenvalue weighted by Crippen LogP contribution is 2.36. The number of anilines is 1. The van der Waals surface area contributed by atoms with Crippen LogP contribution in [0.25, 0.3) is 5.57 Å². The normalized spacial score (nSPS) is 14.5. The van der Waals surface area contributed by atoms with Gasteiger partial charge in [-0.2, -0.15) is 0 Å². The van der Waals surface area contributed by atoms with Gasteiger partial charge in [-0.3, -0.25) is 0 Å². The Hall–Kier alpha value is -1.48. The lowest BCUT2D eigenvalue weighted by Crippen LogP contribution is -1.99. The number of hydrogen-bond donors (Lipinski definition) is 1. The van der Waals surface area contributed by atoms with E-state index in [4.69, 9.17) is 40.5 Å². The Morgan fingerprint density at radius 2 is 1.71 bits per heavy atom. The van der Waals surface area contributed by atoms with Crippen LogP contribution in [0, 0.1) is 5.82 Å². The molecule has 1 aliphatic rings. The molecule has 2 aromatic carbocycles. The summed E-state index contributed by atoms with van der Waals surface area (Å²) < 4.78 is 14.5. The van der Waals surface area contributed by atoms with Gasteiger partial charge < -0.3 is 5.73 Å². The fourth-order valence-electron chi connectivity index (χ4n) is 2.58. The van der Waals surface area contributed by atoms with Gasteiger partial charge in [-0.1, -0.05) is 58.6 Å². The number of nitrogens with two attached hydrogens (primary N) is 1. The minimum absolute atomic E-state index is 0.179. The van der Waals surface area contributed by atoms with Crippen molar-refractivity contribution in [3.63, 3.8) is 0 Å². The van der Waals surface area contributed by atoms with Crippen LogP contribution in [0.4, 0.5) is 10.1 Å². The minimum atomic E-state index is -0.447. The molecule has 24 heavy (non-hydrogen) atoms. The van der Waals surface area contributed by atoms with Crippen LogP contribution in [0.15, 0.2) is 48.1 Å². The Labute approximate surface area is 155 Å². The second-order valence-electron chi connectivity index (χ2n) is 5.74. The zero-order valence-electron chi connectivity index (χ0n) is 12.8. The zero-order valence-corrected chi connectivity index (χ0v) is 15.0. The number of benzene rings is 2. The molecule has 1 aliphatic carbocycles. The van der Waals surface area contributed by atoms with Crippen LogP contribution < -0.4 is 5.73 Å². The second kappa shape index (κ2) is 7.18. The van der Waals surface area contributed by atoms with E-state index in [1.807, 2.05) is 12.2 Å². The van der Waals surface area contributed by atoms with Crippen molar-refractivity contribution >= 4 is 46.1 Å². The highest BCUT2D eigenvalue weighted by molar-refractivity contribution is 6.42. The molecule has 0 saturated heterocycles. The molecule has 1 saturated carbocycles. The number of allylic oxidation sites excluding steroid dienone is 3. The lowest BCUT2D eigenvalue weighted by Gasteiger charge is -2.16. The van der Waals surface area contributed by atoms with Crippen LogP contribution in [-0.2, 0) is 0 Å². The van der Waals surface area contributed by atoms with E-state index in [0.29, 0.717) is 32.4 Å². The van der Waals surface area contributed by atoms with E-state index < -0.39 is 5.82 Å². The smallest absolute Gasteiger partial charge is 0.132 e. The first-order chi connectivity index (χ1) is 11.5. The van der Waals surface area contributed by atoms with Crippen molar-refractivity contribution in [2.75, 3.05) is 5.73 Å². The third-order valence-corrected chi connectivity index (χ3v) is 5.04. The molecule has 0 atom stereocenters. The molecule has 3 rings (SSSR count). The predicted molar refractivity (Wildman–Crippen MR) is 101 cm³/mol. The van der Waals surface area contributed by atoms with Crippen LogP contribution in [0.1, 0.15) is 30.4 Å². The first kappa shape index (κ1) is 17.3. The Kier molecular flexibility index (Phi) is 5.19. The maximum Gasteiger partial charge on any atom is 0.132 e. The summed E-state index contributed by atoms with van der Waals surface area (Å²) in [5.41, 5.74) is 9.63. The monoisotopic (exact) mass is 381 g/mol. The lowest BCUT2D eigenvalue weighted by molar-refractivity contribution is 0.624.